The number of hydrogen-bond acceptors (Lipinski definition) is 1. The molecule has 2 aromatic rings. The van der Waals surface area contributed by atoms with Gasteiger partial charge in [-0.25, -0.2) is 0 Å². The molecule has 0 aromatic heterocycles. The predicted molar refractivity (Wildman–Crippen MR) is 86.7 cm³/mol. The van der Waals surface area contributed by atoms with Gasteiger partial charge in [0.25, 0.3) is 0 Å². The Bertz CT molecular complexity index is 478. The molecule has 0 heterocycles. The van der Waals surface area contributed by atoms with Gasteiger partial charge >= 0.3 is 0 Å². The summed E-state index contributed by atoms with van der Waals surface area (Å²) in [5.74, 6) is 0. The number of rotatable bonds is 7. The highest BCUT2D eigenvalue weighted by molar-refractivity contribution is 5.22. The normalized spacial score (nSPS) is 13.9. The highest BCUT2D eigenvalue weighted by Gasteiger charge is 2.14. The summed E-state index contributed by atoms with van der Waals surface area (Å²) in [5, 5.41) is 3.78. The van der Waals surface area contributed by atoms with E-state index in [2.05, 4.69) is 79.8 Å². The Balaban J connectivity index is 2.08. The van der Waals surface area contributed by atoms with Crippen LogP contribution >= 0.6 is 0 Å². The van der Waals surface area contributed by atoms with E-state index in [4.69, 9.17) is 0 Å². The Morgan fingerprint density at radius 2 is 1.40 bits per heavy atom. The van der Waals surface area contributed by atoms with E-state index >= 15 is 0 Å². The summed E-state index contributed by atoms with van der Waals surface area (Å²) in [5.41, 5.74) is 2.74. The van der Waals surface area contributed by atoms with Crippen LogP contribution < -0.4 is 5.32 Å². The number of nitrogens with one attached hydrogen (secondary N) is 1. The van der Waals surface area contributed by atoms with E-state index in [1.54, 1.807) is 0 Å². The van der Waals surface area contributed by atoms with Gasteiger partial charge < -0.3 is 5.32 Å². The van der Waals surface area contributed by atoms with Crippen molar-refractivity contribution >= 4 is 0 Å². The van der Waals surface area contributed by atoms with Gasteiger partial charge in [0, 0.05) is 12.1 Å². The van der Waals surface area contributed by atoms with E-state index in [0.717, 1.165) is 0 Å². The SMILES string of the molecule is CCCCC(N[C@@H](C)c1ccccc1)c1ccccc1. The maximum absolute atomic E-state index is 3.78. The van der Waals surface area contributed by atoms with E-state index < -0.39 is 0 Å². The standard InChI is InChI=1S/C19H25N/c1-3-4-15-19(18-13-9-6-10-14-18)20-16(2)17-11-7-5-8-12-17/h5-14,16,19-20H,3-4,15H2,1-2H3/t16-,19?/m0/s1. The highest BCUT2D eigenvalue weighted by atomic mass is 14.9. The van der Waals surface area contributed by atoms with Gasteiger partial charge in [0.15, 0.2) is 0 Å². The smallest absolute Gasteiger partial charge is 0.0325 e. The highest BCUT2D eigenvalue weighted by Crippen LogP contribution is 2.23. The molecule has 2 atom stereocenters. The Kier molecular flexibility index (Phi) is 5.82. The largest absolute Gasteiger partial charge is 0.303 e. The molecule has 1 N–H and O–H groups in total. The van der Waals surface area contributed by atoms with Crippen molar-refractivity contribution in [1.29, 1.82) is 0 Å². The summed E-state index contributed by atoms with van der Waals surface area (Å²) in [4.78, 5) is 0. The minimum atomic E-state index is 0.373. The maximum Gasteiger partial charge on any atom is 0.0325 e. The molecule has 106 valence electrons. The van der Waals surface area contributed by atoms with E-state index in [-0.39, 0.29) is 0 Å². The van der Waals surface area contributed by atoms with Crippen LogP contribution in [-0.4, -0.2) is 0 Å². The molecule has 0 spiro atoms. The molecule has 0 amide bonds. The van der Waals surface area contributed by atoms with Gasteiger partial charge in [-0.1, -0.05) is 80.4 Å². The second kappa shape index (κ2) is 7.86. The van der Waals surface area contributed by atoms with Crippen molar-refractivity contribution in [2.45, 2.75) is 45.2 Å². The van der Waals surface area contributed by atoms with Crippen LogP contribution in [0.25, 0.3) is 0 Å². The molecular weight excluding hydrogens is 242 g/mol. The van der Waals surface area contributed by atoms with E-state index in [9.17, 15) is 0 Å². The molecule has 1 nitrogen and oxygen atoms in total. The monoisotopic (exact) mass is 267 g/mol. The Hall–Kier alpha value is -1.60. The average molecular weight is 267 g/mol. The number of benzene rings is 2. The minimum absolute atomic E-state index is 0.373. The Labute approximate surface area is 123 Å². The van der Waals surface area contributed by atoms with Crippen LogP contribution in [0.5, 0.6) is 0 Å². The third-order valence-corrected chi connectivity index (χ3v) is 3.80. The molecule has 2 rings (SSSR count). The number of unbranched alkanes of at least 4 members (excludes halogenated alkanes) is 1. The van der Waals surface area contributed by atoms with Gasteiger partial charge in [-0.15, -0.1) is 0 Å². The first-order valence-corrected chi connectivity index (χ1v) is 7.67. The van der Waals surface area contributed by atoms with Crippen LogP contribution in [0.3, 0.4) is 0 Å². The van der Waals surface area contributed by atoms with Crippen LogP contribution in [0.4, 0.5) is 0 Å². The van der Waals surface area contributed by atoms with Crippen molar-refractivity contribution in [2.24, 2.45) is 0 Å². The van der Waals surface area contributed by atoms with Gasteiger partial charge in [-0.3, -0.25) is 0 Å². The molecule has 0 fully saturated rings. The lowest BCUT2D eigenvalue weighted by atomic mass is 9.99. The van der Waals surface area contributed by atoms with Crippen molar-refractivity contribution in [3.63, 3.8) is 0 Å². The third kappa shape index (κ3) is 4.21. The summed E-state index contributed by atoms with van der Waals surface area (Å²) in [6, 6.07) is 22.3. The zero-order valence-electron chi connectivity index (χ0n) is 12.5. The van der Waals surface area contributed by atoms with Gasteiger partial charge in [-0.2, -0.15) is 0 Å². The fourth-order valence-electron chi connectivity index (χ4n) is 2.58. The van der Waals surface area contributed by atoms with E-state index in [1.165, 1.54) is 30.4 Å². The zero-order chi connectivity index (χ0) is 14.2. The van der Waals surface area contributed by atoms with Gasteiger partial charge in [0.1, 0.15) is 0 Å². The van der Waals surface area contributed by atoms with E-state index in [1.807, 2.05) is 0 Å². The molecule has 0 radical (unpaired) electrons. The molecule has 0 aliphatic heterocycles. The lowest BCUT2D eigenvalue weighted by Gasteiger charge is -2.24. The van der Waals surface area contributed by atoms with Crippen LogP contribution in [-0.2, 0) is 0 Å². The van der Waals surface area contributed by atoms with Crippen LogP contribution in [0, 0.1) is 0 Å². The van der Waals surface area contributed by atoms with Crippen LogP contribution in [0.15, 0.2) is 60.7 Å². The molecule has 0 aliphatic carbocycles. The summed E-state index contributed by atoms with van der Waals surface area (Å²) in [7, 11) is 0. The average Bonchev–Trinajstić information content (AvgIpc) is 2.53. The lowest BCUT2D eigenvalue weighted by molar-refractivity contribution is 0.431. The first-order chi connectivity index (χ1) is 9.81. The molecule has 1 heteroatoms. The van der Waals surface area contributed by atoms with Crippen LogP contribution in [0.1, 0.15) is 56.3 Å². The first-order valence-electron chi connectivity index (χ1n) is 7.67. The van der Waals surface area contributed by atoms with Crippen molar-refractivity contribution in [3.05, 3.63) is 71.8 Å². The molecule has 0 bridgehead atoms. The second-order valence-electron chi connectivity index (χ2n) is 5.40. The fourth-order valence-corrected chi connectivity index (χ4v) is 2.58. The number of hydrogen-bond donors (Lipinski definition) is 1. The summed E-state index contributed by atoms with van der Waals surface area (Å²) in [6.45, 7) is 4.50. The van der Waals surface area contributed by atoms with Crippen LogP contribution in [0.2, 0.25) is 0 Å². The molecule has 0 aliphatic rings. The Morgan fingerprint density at radius 1 is 0.850 bits per heavy atom. The van der Waals surface area contributed by atoms with Gasteiger partial charge in [0.2, 0.25) is 0 Å². The maximum atomic E-state index is 3.78. The van der Waals surface area contributed by atoms with Crippen molar-refractivity contribution in [3.8, 4) is 0 Å². The molecular formula is C19H25N. The summed E-state index contributed by atoms with van der Waals surface area (Å²) >= 11 is 0. The van der Waals surface area contributed by atoms with Crippen molar-refractivity contribution in [2.75, 3.05) is 0 Å². The zero-order valence-corrected chi connectivity index (χ0v) is 12.5. The van der Waals surface area contributed by atoms with Crippen molar-refractivity contribution in [1.82, 2.24) is 5.32 Å². The quantitative estimate of drug-likeness (QED) is 0.720. The first kappa shape index (κ1) is 14.8. The van der Waals surface area contributed by atoms with E-state index in [0.29, 0.717) is 12.1 Å². The minimum Gasteiger partial charge on any atom is -0.303 e. The Morgan fingerprint density at radius 3 is 1.95 bits per heavy atom. The summed E-state index contributed by atoms with van der Waals surface area (Å²) in [6.07, 6.45) is 3.69. The topological polar surface area (TPSA) is 12.0 Å². The lowest BCUT2D eigenvalue weighted by Crippen LogP contribution is -2.24. The summed E-state index contributed by atoms with van der Waals surface area (Å²) < 4.78 is 0. The second-order valence-corrected chi connectivity index (χ2v) is 5.40. The fraction of sp³-hybridized carbons (Fsp3) is 0.368. The molecule has 0 saturated carbocycles. The molecule has 2 aromatic carbocycles. The predicted octanol–water partition coefficient (Wildman–Crippen LogP) is 5.27. The van der Waals surface area contributed by atoms with Crippen molar-refractivity contribution < 1.29 is 0 Å². The third-order valence-electron chi connectivity index (χ3n) is 3.80. The van der Waals surface area contributed by atoms with Gasteiger partial charge in [-0.05, 0) is 24.5 Å². The molecule has 0 saturated heterocycles. The molecule has 20 heavy (non-hydrogen) atoms. The van der Waals surface area contributed by atoms with Gasteiger partial charge in [0.05, 0.1) is 0 Å². The molecule has 1 unspecified atom stereocenters.